The molecular formula is C74H122O24P2-2. The molecule has 100 heavy (non-hydrogen) atoms. The predicted molar refractivity (Wildman–Crippen MR) is 377 cm³/mol. The number of aliphatic hydroxyl groups excluding tert-OH is 10. The minimum Gasteiger partial charge on any atom is -0.756 e. The number of allylic oxidation sites excluding steroid dienone is 19. The SMILES string of the molecule is CC(C)=CCCC(C)=CCCC(C)=CCCC(C)=CCCC(C)=CCCC(C)=CCCC(C)=CCCC(C)=CCCC(C)=CCCC(C)=CCOP(=O)([O-])OP(=O)([O-])O[C@@H]1O[C@H](CO)[C@H](O)[C@H](O[C@@H]2O[C@@H](C)[C@H](O[C@H]3O[C@H](CO)[C@@H](O)[C@H](O[C@H]4O[C@H](C)[C@H](O)C[C@H]4O)[C@@H]3O)[C@@H](O)[C@H]2O)[C@H]1O. The Hall–Kier alpha value is -3.02. The van der Waals surface area contributed by atoms with Crippen molar-refractivity contribution in [3.8, 4) is 0 Å². The number of ether oxygens (including phenoxy) is 7. The van der Waals surface area contributed by atoms with Crippen LogP contribution < -0.4 is 9.79 Å². The highest BCUT2D eigenvalue weighted by atomic mass is 31.3. The summed E-state index contributed by atoms with van der Waals surface area (Å²) in [4.78, 5) is 25.7. The summed E-state index contributed by atoms with van der Waals surface area (Å²) in [5, 5.41) is 107. The molecule has 4 heterocycles. The maximum atomic E-state index is 13.0. The Labute approximate surface area is 594 Å². The summed E-state index contributed by atoms with van der Waals surface area (Å²) in [7, 11) is -11.7. The van der Waals surface area contributed by atoms with Crippen molar-refractivity contribution >= 4 is 15.6 Å². The molecule has 574 valence electrons. The fraction of sp³-hybridized carbons (Fsp3) is 0.730. The molecule has 4 saturated heterocycles. The first-order chi connectivity index (χ1) is 47.1. The largest absolute Gasteiger partial charge is 0.756 e. The van der Waals surface area contributed by atoms with Gasteiger partial charge in [-0.05, 0) is 206 Å². The fourth-order valence-corrected chi connectivity index (χ4v) is 13.9. The monoisotopic (exact) mass is 1460 g/mol. The van der Waals surface area contributed by atoms with E-state index in [4.69, 9.17) is 42.2 Å². The van der Waals surface area contributed by atoms with Crippen LogP contribution in [0.1, 0.15) is 212 Å². The van der Waals surface area contributed by atoms with Gasteiger partial charge in [0.25, 0.3) is 15.6 Å². The first-order valence-corrected chi connectivity index (χ1v) is 38.5. The quantitative estimate of drug-likeness (QED) is 0.0201. The van der Waals surface area contributed by atoms with Gasteiger partial charge in [-0.1, -0.05) is 116 Å². The van der Waals surface area contributed by atoms with E-state index in [0.29, 0.717) is 12.8 Å². The Kier molecular flexibility index (Phi) is 40.6. The molecular weight excluding hydrogens is 1330 g/mol. The van der Waals surface area contributed by atoms with Gasteiger partial charge in [-0.15, -0.1) is 0 Å². The Balaban J connectivity index is 1.13. The average molecular weight is 1460 g/mol. The lowest BCUT2D eigenvalue weighted by atomic mass is 9.96. The molecule has 4 rings (SSSR count). The highest BCUT2D eigenvalue weighted by Crippen LogP contribution is 2.57. The maximum Gasteiger partial charge on any atom is 0.276 e. The van der Waals surface area contributed by atoms with Crippen LogP contribution in [0.5, 0.6) is 0 Å². The molecule has 0 spiro atoms. The molecule has 0 amide bonds. The van der Waals surface area contributed by atoms with E-state index in [1.165, 1.54) is 70.1 Å². The van der Waals surface area contributed by atoms with E-state index in [1.54, 1.807) is 6.92 Å². The van der Waals surface area contributed by atoms with Gasteiger partial charge in [0, 0.05) is 6.42 Å². The zero-order valence-electron chi connectivity index (χ0n) is 61.4. The Morgan fingerprint density at radius 2 is 0.700 bits per heavy atom. The highest BCUT2D eigenvalue weighted by molar-refractivity contribution is 7.59. The van der Waals surface area contributed by atoms with Crippen LogP contribution in [-0.4, -0.2) is 188 Å². The minimum absolute atomic E-state index is 0.162. The van der Waals surface area contributed by atoms with E-state index in [0.717, 1.165) is 108 Å². The topological polar surface area (TPSA) is 375 Å². The number of hydrogen-bond acceptors (Lipinski definition) is 24. The van der Waals surface area contributed by atoms with Gasteiger partial charge in [-0.2, -0.15) is 0 Å². The van der Waals surface area contributed by atoms with Crippen LogP contribution in [0.4, 0.5) is 0 Å². The summed E-state index contributed by atoms with van der Waals surface area (Å²) in [6, 6.07) is 0. The van der Waals surface area contributed by atoms with Crippen LogP contribution in [0, 0.1) is 0 Å². The number of hydrogen-bond donors (Lipinski definition) is 10. The summed E-state index contributed by atoms with van der Waals surface area (Å²) in [6.45, 7) is 24.1. The molecule has 10 N–H and O–H groups in total. The molecule has 2 unspecified atom stereocenters. The second kappa shape index (κ2) is 45.5. The maximum absolute atomic E-state index is 13.0. The summed E-state index contributed by atoms with van der Waals surface area (Å²) < 4.78 is 78.8. The van der Waals surface area contributed by atoms with Crippen LogP contribution in [0.2, 0.25) is 0 Å². The third-order valence-corrected chi connectivity index (χ3v) is 21.0. The lowest BCUT2D eigenvalue weighted by Crippen LogP contribution is -2.66. The van der Waals surface area contributed by atoms with Gasteiger partial charge in [-0.25, -0.2) is 4.31 Å². The molecule has 0 bridgehead atoms. The third kappa shape index (κ3) is 32.4. The van der Waals surface area contributed by atoms with Crippen molar-refractivity contribution in [2.45, 2.75) is 329 Å². The molecule has 0 aromatic rings. The third-order valence-electron chi connectivity index (χ3n) is 18.4. The van der Waals surface area contributed by atoms with Gasteiger partial charge >= 0.3 is 0 Å². The van der Waals surface area contributed by atoms with Gasteiger partial charge in [0.2, 0.25) is 0 Å². The molecule has 4 fully saturated rings. The lowest BCUT2D eigenvalue weighted by molar-refractivity contribution is -0.383. The van der Waals surface area contributed by atoms with Gasteiger partial charge in [0.15, 0.2) is 25.2 Å². The van der Waals surface area contributed by atoms with Crippen LogP contribution >= 0.6 is 15.6 Å². The number of rotatable bonds is 42. The predicted octanol–water partition coefficient (Wildman–Crippen LogP) is 9.83. The molecule has 0 radical (unpaired) electrons. The van der Waals surface area contributed by atoms with Gasteiger partial charge in [0.1, 0.15) is 73.2 Å². The van der Waals surface area contributed by atoms with Gasteiger partial charge in [-0.3, -0.25) is 13.7 Å². The number of aliphatic hydroxyl groups is 10. The molecule has 0 aromatic heterocycles. The first kappa shape index (κ1) is 89.4. The number of phosphoric ester groups is 2. The Bertz CT molecular complexity index is 2880. The average Bonchev–Trinajstić information content (AvgIpc) is 0.781. The van der Waals surface area contributed by atoms with Crippen molar-refractivity contribution < 1.29 is 116 Å². The zero-order chi connectivity index (χ0) is 74.4. The molecule has 0 saturated carbocycles. The van der Waals surface area contributed by atoms with Crippen molar-refractivity contribution in [1.82, 2.24) is 0 Å². The van der Waals surface area contributed by atoms with E-state index in [1.807, 2.05) is 0 Å². The van der Waals surface area contributed by atoms with Crippen LogP contribution in [0.25, 0.3) is 0 Å². The summed E-state index contributed by atoms with van der Waals surface area (Å²) >= 11 is 0. The van der Waals surface area contributed by atoms with Crippen LogP contribution in [0.15, 0.2) is 116 Å². The number of phosphoric acid groups is 2. The van der Waals surface area contributed by atoms with Crippen molar-refractivity contribution in [1.29, 1.82) is 0 Å². The van der Waals surface area contributed by atoms with Gasteiger partial charge in [0.05, 0.1) is 38.1 Å². The van der Waals surface area contributed by atoms with E-state index in [9.17, 15) is 70.0 Å². The standard InChI is InChI=1S/C74H124O24P2/c1-46(2)23-14-24-47(3)25-15-26-48(4)27-16-28-49(5)29-17-30-50(6)31-18-32-51(7)33-19-34-52(8)35-20-36-53(9)37-21-38-54(10)39-22-40-55(11)41-42-89-99(85,86)98-100(87,88)97-74-67(84)70(63(80)61(45-76)93-74)96-72-65(82)64(81)68(57(13)91-72)94-73-66(83)69(62(79)60(44-75)92-73)95-71-59(78)43-58(77)56(12)90-71/h23,25,27,29,31,33,35,37,39,41,56-84H,14-22,24,26,28,30,32,34,36,38,40,42-45H2,1-13H3,(H,85,86)(H,87,88)/p-2/t56-,57+,58-,59-,60-,61-,62-,63+,64+,65-,66+,67-,68+,69+,70+,71-,72+,73-,74+/m1/s1. The second-order valence-electron chi connectivity index (χ2n) is 27.9. The van der Waals surface area contributed by atoms with Crippen LogP contribution in [0.3, 0.4) is 0 Å². The van der Waals surface area contributed by atoms with Crippen molar-refractivity contribution in [2.24, 2.45) is 0 Å². The summed E-state index contributed by atoms with van der Waals surface area (Å²) in [6.07, 6.45) is 7.80. The minimum atomic E-state index is -6.02. The summed E-state index contributed by atoms with van der Waals surface area (Å²) in [5.41, 5.74) is 13.4. The van der Waals surface area contributed by atoms with E-state index < -0.39 is 152 Å². The van der Waals surface area contributed by atoms with Gasteiger partial charge < -0.3 is 98.5 Å². The smallest absolute Gasteiger partial charge is 0.276 e. The van der Waals surface area contributed by atoms with Crippen LogP contribution in [-0.2, 0) is 55.6 Å². The lowest BCUT2D eigenvalue weighted by Gasteiger charge is -2.48. The molecule has 24 nitrogen and oxygen atoms in total. The van der Waals surface area contributed by atoms with E-state index in [2.05, 4.69) is 128 Å². The van der Waals surface area contributed by atoms with Crippen molar-refractivity contribution in [3.63, 3.8) is 0 Å². The van der Waals surface area contributed by atoms with Crippen molar-refractivity contribution in [3.05, 3.63) is 116 Å². The second-order valence-corrected chi connectivity index (χ2v) is 30.9. The molecule has 21 atom stereocenters. The van der Waals surface area contributed by atoms with E-state index in [-0.39, 0.29) is 6.42 Å². The normalized spacial score (nSPS) is 32.6. The fourth-order valence-electron chi connectivity index (χ4n) is 11.9. The molecule has 0 aromatic carbocycles. The molecule has 4 aliphatic heterocycles. The first-order valence-electron chi connectivity index (χ1n) is 35.6. The Morgan fingerprint density at radius 3 is 1.08 bits per heavy atom. The van der Waals surface area contributed by atoms with Crippen molar-refractivity contribution in [2.75, 3.05) is 19.8 Å². The highest BCUT2D eigenvalue weighted by Gasteiger charge is 2.55. The molecule has 26 heteroatoms. The Morgan fingerprint density at radius 1 is 0.380 bits per heavy atom. The molecule has 4 aliphatic rings. The zero-order valence-corrected chi connectivity index (χ0v) is 63.2. The van der Waals surface area contributed by atoms with E-state index >= 15 is 0 Å². The molecule has 0 aliphatic carbocycles. The summed E-state index contributed by atoms with van der Waals surface area (Å²) in [5.74, 6) is 0.